The second-order valence-electron chi connectivity index (χ2n) is 10.2. The van der Waals surface area contributed by atoms with E-state index < -0.39 is 0 Å². The van der Waals surface area contributed by atoms with Gasteiger partial charge in [-0.25, -0.2) is 0 Å². The van der Waals surface area contributed by atoms with Crippen LogP contribution < -0.4 is 0 Å². The van der Waals surface area contributed by atoms with E-state index in [4.69, 9.17) is 21.4 Å². The van der Waals surface area contributed by atoms with Gasteiger partial charge in [0.1, 0.15) is 0 Å². The molecule has 2 fully saturated rings. The number of fused-ring (bicyclic) bond motifs is 1. The van der Waals surface area contributed by atoms with Crippen molar-refractivity contribution in [2.75, 3.05) is 19.7 Å². The average molecular weight is 508 g/mol. The second-order valence-corrected chi connectivity index (χ2v) is 10.7. The van der Waals surface area contributed by atoms with Gasteiger partial charge < -0.3 is 9.64 Å². The molecule has 2 aliphatic heterocycles. The summed E-state index contributed by atoms with van der Waals surface area (Å²) in [5.74, 6) is 0.720. The summed E-state index contributed by atoms with van der Waals surface area (Å²) in [7, 11) is 0. The molecule has 6 nitrogen and oxygen atoms in total. The van der Waals surface area contributed by atoms with E-state index in [9.17, 15) is 9.59 Å². The summed E-state index contributed by atoms with van der Waals surface area (Å²) in [4.78, 5) is 27.7. The Labute approximate surface area is 217 Å². The van der Waals surface area contributed by atoms with Gasteiger partial charge in [0.15, 0.2) is 5.78 Å². The predicted octanol–water partition coefficient (Wildman–Crippen LogP) is 6.08. The summed E-state index contributed by atoms with van der Waals surface area (Å²) in [6.07, 6.45) is 8.91. The summed E-state index contributed by atoms with van der Waals surface area (Å²) in [6, 6.07) is 11.0. The molecule has 190 valence electrons. The number of hydrogen-bond acceptors (Lipinski definition) is 4. The van der Waals surface area contributed by atoms with Crippen LogP contribution in [0.3, 0.4) is 0 Å². The fraction of sp³-hybridized carbons (Fsp3) is 0.483. The highest BCUT2D eigenvalue weighted by Gasteiger charge is 2.25. The summed E-state index contributed by atoms with van der Waals surface area (Å²) >= 11 is 5.95. The van der Waals surface area contributed by atoms with Crippen molar-refractivity contribution in [2.45, 2.75) is 64.5 Å². The molecule has 0 bridgehead atoms. The average Bonchev–Trinajstić information content (AvgIpc) is 3.32. The summed E-state index contributed by atoms with van der Waals surface area (Å²) in [5, 5.41) is 6.47. The van der Waals surface area contributed by atoms with Gasteiger partial charge in [-0.1, -0.05) is 11.6 Å². The largest absolute Gasteiger partial charge is 0.378 e. The summed E-state index contributed by atoms with van der Waals surface area (Å²) in [5.41, 5.74) is 3.42. The number of nitrogens with zero attached hydrogens (tertiary/aromatic N) is 3. The first kappa shape index (κ1) is 25.0. The first-order valence-corrected chi connectivity index (χ1v) is 13.5. The van der Waals surface area contributed by atoms with E-state index in [0.29, 0.717) is 22.9 Å². The Morgan fingerprint density at radius 1 is 1.06 bits per heavy atom. The minimum atomic E-state index is 0.0674. The number of likely N-dealkylation sites (tertiary alicyclic amines) is 1. The monoisotopic (exact) mass is 507 g/mol. The molecule has 0 unspecified atom stereocenters. The number of carbonyl (C=O) groups is 2. The highest BCUT2D eigenvalue weighted by molar-refractivity contribution is 6.30. The van der Waals surface area contributed by atoms with Crippen LogP contribution >= 0.6 is 11.6 Å². The number of hydrogen-bond donors (Lipinski definition) is 0. The predicted molar refractivity (Wildman–Crippen MR) is 142 cm³/mol. The Bertz CT molecular complexity index is 1220. The maximum atomic E-state index is 13.0. The Kier molecular flexibility index (Phi) is 7.73. The second kappa shape index (κ2) is 11.1. The van der Waals surface area contributed by atoms with Gasteiger partial charge in [0.25, 0.3) is 5.91 Å². The van der Waals surface area contributed by atoms with E-state index in [0.717, 1.165) is 80.4 Å². The number of aryl methyl sites for hydroxylation is 1. The van der Waals surface area contributed by atoms with Crippen LogP contribution in [-0.4, -0.2) is 52.2 Å². The van der Waals surface area contributed by atoms with Crippen molar-refractivity contribution in [2.24, 2.45) is 5.92 Å². The number of amides is 1. The lowest BCUT2D eigenvalue weighted by Gasteiger charge is -2.32. The fourth-order valence-electron chi connectivity index (χ4n) is 5.50. The van der Waals surface area contributed by atoms with Crippen molar-refractivity contribution in [3.63, 3.8) is 0 Å². The van der Waals surface area contributed by atoms with Crippen molar-refractivity contribution >= 4 is 34.2 Å². The number of aromatic nitrogens is 2. The quantitative estimate of drug-likeness (QED) is 0.363. The molecule has 3 aromatic rings. The zero-order valence-corrected chi connectivity index (χ0v) is 21.7. The van der Waals surface area contributed by atoms with Gasteiger partial charge in [0, 0.05) is 60.4 Å². The zero-order chi connectivity index (χ0) is 25.1. The van der Waals surface area contributed by atoms with Gasteiger partial charge in [-0.15, -0.1) is 0 Å². The number of carbonyl (C=O) groups excluding carboxylic acids is 2. The molecule has 1 amide bonds. The number of rotatable bonds is 7. The lowest BCUT2D eigenvalue weighted by molar-refractivity contribution is 0.0104. The molecule has 2 aliphatic rings. The number of piperidine rings is 1. The van der Waals surface area contributed by atoms with Gasteiger partial charge in [0.2, 0.25) is 0 Å². The van der Waals surface area contributed by atoms with Gasteiger partial charge in [-0.05, 0) is 93.3 Å². The Morgan fingerprint density at radius 3 is 2.56 bits per heavy atom. The molecule has 1 aromatic heterocycles. The lowest BCUT2D eigenvalue weighted by Crippen LogP contribution is -2.39. The van der Waals surface area contributed by atoms with Crippen LogP contribution in [0.15, 0.2) is 42.6 Å². The van der Waals surface area contributed by atoms with Crippen molar-refractivity contribution in [3.8, 4) is 0 Å². The molecule has 0 radical (unpaired) electrons. The molecular weight excluding hydrogens is 474 g/mol. The van der Waals surface area contributed by atoms with Crippen molar-refractivity contribution in [1.82, 2.24) is 14.7 Å². The molecule has 0 saturated carbocycles. The van der Waals surface area contributed by atoms with Gasteiger partial charge >= 0.3 is 0 Å². The smallest absolute Gasteiger partial charge is 0.253 e. The highest BCUT2D eigenvalue weighted by atomic mass is 35.5. The molecule has 0 N–H and O–H groups in total. The van der Waals surface area contributed by atoms with E-state index in [-0.39, 0.29) is 17.8 Å². The summed E-state index contributed by atoms with van der Waals surface area (Å²) < 4.78 is 7.81. The third-order valence-electron chi connectivity index (χ3n) is 7.71. The van der Waals surface area contributed by atoms with Crippen LogP contribution in [0.1, 0.15) is 71.2 Å². The first-order valence-electron chi connectivity index (χ1n) is 13.1. The van der Waals surface area contributed by atoms with Crippen LogP contribution in [-0.2, 0) is 11.3 Å². The number of ether oxygens (including phenoxy) is 1. The van der Waals surface area contributed by atoms with E-state index in [1.54, 1.807) is 24.3 Å². The van der Waals surface area contributed by atoms with Gasteiger partial charge in [0.05, 0.1) is 11.6 Å². The molecule has 2 aromatic carbocycles. The van der Waals surface area contributed by atoms with E-state index in [1.165, 1.54) is 6.42 Å². The number of ketones is 1. The summed E-state index contributed by atoms with van der Waals surface area (Å²) in [6.45, 7) is 5.16. The maximum Gasteiger partial charge on any atom is 0.253 e. The Balaban J connectivity index is 1.18. The van der Waals surface area contributed by atoms with Crippen LogP contribution in [0.5, 0.6) is 0 Å². The van der Waals surface area contributed by atoms with Crippen molar-refractivity contribution < 1.29 is 14.3 Å². The van der Waals surface area contributed by atoms with Crippen molar-refractivity contribution in [1.29, 1.82) is 0 Å². The molecule has 0 aliphatic carbocycles. The van der Waals surface area contributed by atoms with Crippen LogP contribution in [0.4, 0.5) is 0 Å². The Hall–Kier alpha value is -2.70. The first-order chi connectivity index (χ1) is 17.5. The van der Waals surface area contributed by atoms with E-state index in [1.807, 2.05) is 28.6 Å². The third-order valence-corrected chi connectivity index (χ3v) is 7.96. The number of halogens is 1. The third kappa shape index (κ3) is 5.65. The standard InChI is InChI=1S/C29H34ClN3O3/c1-20-25(28(34)12-9-24-4-2-3-17-36-24)10-11-27-26(20)19-33(31-27)18-21-13-15-32(16-14-21)29(35)22-5-7-23(30)8-6-22/h5-8,10-11,19,21,24H,2-4,9,12-18H2,1H3/t24-/m1/s1. The van der Waals surface area contributed by atoms with Crippen LogP contribution in [0, 0.1) is 12.8 Å². The fourth-order valence-corrected chi connectivity index (χ4v) is 5.62. The molecule has 36 heavy (non-hydrogen) atoms. The zero-order valence-electron chi connectivity index (χ0n) is 20.9. The molecule has 1 atom stereocenters. The van der Waals surface area contributed by atoms with Gasteiger partial charge in [-0.3, -0.25) is 14.3 Å². The topological polar surface area (TPSA) is 64.4 Å². The molecule has 0 spiro atoms. The Morgan fingerprint density at radius 2 is 1.83 bits per heavy atom. The SMILES string of the molecule is Cc1c(C(=O)CC[C@H]2CCCCO2)ccc2nn(CC3CCN(C(=O)c4ccc(Cl)cc4)CC3)cc12. The van der Waals surface area contributed by atoms with Crippen LogP contribution in [0.25, 0.3) is 10.9 Å². The normalized spacial score (nSPS) is 19.1. The number of Topliss-reactive ketones (excluding diaryl/α,β-unsaturated/α-hetero) is 1. The maximum absolute atomic E-state index is 13.0. The van der Waals surface area contributed by atoms with E-state index in [2.05, 4.69) is 6.20 Å². The minimum absolute atomic E-state index is 0.0674. The molecular formula is C29H34ClN3O3. The molecule has 2 saturated heterocycles. The van der Waals surface area contributed by atoms with E-state index >= 15 is 0 Å². The molecule has 5 rings (SSSR count). The molecule has 3 heterocycles. The molecule has 7 heteroatoms. The minimum Gasteiger partial charge on any atom is -0.378 e. The van der Waals surface area contributed by atoms with Gasteiger partial charge in [-0.2, -0.15) is 5.10 Å². The number of benzene rings is 2. The highest BCUT2D eigenvalue weighted by Crippen LogP contribution is 2.26. The lowest BCUT2D eigenvalue weighted by atomic mass is 9.96. The van der Waals surface area contributed by atoms with Crippen LogP contribution in [0.2, 0.25) is 5.02 Å². The van der Waals surface area contributed by atoms with Crippen molar-refractivity contribution in [3.05, 3.63) is 64.3 Å².